The van der Waals surface area contributed by atoms with Crippen molar-refractivity contribution in [3.63, 3.8) is 0 Å². The molecule has 0 bridgehead atoms. The molecule has 0 N–H and O–H groups in total. The lowest BCUT2D eigenvalue weighted by atomic mass is 10.0. The molecule has 3 nitrogen and oxygen atoms in total. The van der Waals surface area contributed by atoms with E-state index in [1.165, 1.54) is 12.5 Å². The monoisotopic (exact) mass is 249 g/mol. The summed E-state index contributed by atoms with van der Waals surface area (Å²) in [4.78, 5) is 15.1. The number of aryl methyl sites for hydroxylation is 1. The molecule has 0 saturated carbocycles. The first-order chi connectivity index (χ1) is 8.54. The molecule has 0 aliphatic heterocycles. The second-order valence-electron chi connectivity index (χ2n) is 3.73. The minimum atomic E-state index is -0.315. The van der Waals surface area contributed by atoms with Crippen molar-refractivity contribution in [3.8, 4) is 0 Å². The number of nitrogens with zero attached hydrogens (tertiary/aromatic N) is 1. The van der Waals surface area contributed by atoms with E-state index in [9.17, 15) is 4.79 Å². The van der Waals surface area contributed by atoms with Crippen LogP contribution in [0.25, 0.3) is 0 Å². The molecule has 1 aromatic carbocycles. The van der Waals surface area contributed by atoms with Crippen molar-refractivity contribution in [1.29, 1.82) is 0 Å². The number of esters is 1. The van der Waals surface area contributed by atoms with E-state index >= 15 is 0 Å². The van der Waals surface area contributed by atoms with E-state index in [0.29, 0.717) is 0 Å². The maximum Gasteiger partial charge on any atom is 0.303 e. The number of benzene rings is 1. The summed E-state index contributed by atoms with van der Waals surface area (Å²) in [6.07, 6.45) is -0.315. The number of rotatable bonds is 3. The third kappa shape index (κ3) is 5.13. The SMILES string of the molecule is CC.CN=C(c1ccc(C)cc1)C(C)OC(C)=O. The van der Waals surface area contributed by atoms with Gasteiger partial charge >= 0.3 is 5.97 Å². The zero-order valence-corrected chi connectivity index (χ0v) is 12.2. The second kappa shape index (κ2) is 8.45. The fourth-order valence-electron chi connectivity index (χ4n) is 1.57. The molecule has 0 amide bonds. The third-order valence-electron chi connectivity index (χ3n) is 2.32. The van der Waals surface area contributed by atoms with Crippen LogP contribution in [0.2, 0.25) is 0 Å². The van der Waals surface area contributed by atoms with Gasteiger partial charge in [0.1, 0.15) is 6.10 Å². The van der Waals surface area contributed by atoms with E-state index in [2.05, 4.69) is 4.99 Å². The summed E-state index contributed by atoms with van der Waals surface area (Å²) < 4.78 is 5.12. The van der Waals surface area contributed by atoms with Gasteiger partial charge in [0.2, 0.25) is 0 Å². The van der Waals surface area contributed by atoms with E-state index in [1.807, 2.05) is 52.0 Å². The Hall–Kier alpha value is -1.64. The van der Waals surface area contributed by atoms with Crippen LogP contribution in [0.15, 0.2) is 29.3 Å². The maximum absolute atomic E-state index is 10.9. The molecule has 0 radical (unpaired) electrons. The molecule has 100 valence electrons. The van der Waals surface area contributed by atoms with E-state index in [1.54, 1.807) is 7.05 Å². The van der Waals surface area contributed by atoms with Crippen LogP contribution in [0.1, 0.15) is 38.8 Å². The normalized spacial score (nSPS) is 12.2. The lowest BCUT2D eigenvalue weighted by Crippen LogP contribution is -2.24. The molecule has 3 heteroatoms. The number of carbonyl (C=O) groups is 1. The zero-order chi connectivity index (χ0) is 14.1. The largest absolute Gasteiger partial charge is 0.456 e. The lowest BCUT2D eigenvalue weighted by Gasteiger charge is -2.14. The molecule has 1 rings (SSSR count). The Kier molecular flexibility index (Phi) is 7.68. The molecule has 0 aliphatic rings. The number of carbonyl (C=O) groups excluding carboxylic acids is 1. The molecular weight excluding hydrogens is 226 g/mol. The van der Waals surface area contributed by atoms with Crippen LogP contribution in [-0.2, 0) is 9.53 Å². The first kappa shape index (κ1) is 16.4. The van der Waals surface area contributed by atoms with Crippen molar-refractivity contribution in [3.05, 3.63) is 35.4 Å². The Morgan fingerprint density at radius 3 is 2.11 bits per heavy atom. The van der Waals surface area contributed by atoms with Crippen LogP contribution >= 0.6 is 0 Å². The summed E-state index contributed by atoms with van der Waals surface area (Å²) in [6.45, 7) is 9.25. The number of aliphatic imine (C=N–C) groups is 1. The van der Waals surface area contributed by atoms with Crippen LogP contribution < -0.4 is 0 Å². The summed E-state index contributed by atoms with van der Waals surface area (Å²) in [5.74, 6) is -0.291. The van der Waals surface area contributed by atoms with Gasteiger partial charge in [-0.3, -0.25) is 9.79 Å². The average Bonchev–Trinajstić information content (AvgIpc) is 2.34. The highest BCUT2D eigenvalue weighted by Crippen LogP contribution is 2.09. The Morgan fingerprint density at radius 2 is 1.72 bits per heavy atom. The number of ether oxygens (including phenoxy) is 1. The van der Waals surface area contributed by atoms with Gasteiger partial charge in [-0.25, -0.2) is 0 Å². The first-order valence-electron chi connectivity index (χ1n) is 6.25. The molecular formula is C15H23NO2. The van der Waals surface area contributed by atoms with Crippen molar-refractivity contribution < 1.29 is 9.53 Å². The smallest absolute Gasteiger partial charge is 0.303 e. The van der Waals surface area contributed by atoms with E-state index in [0.717, 1.165) is 11.3 Å². The molecule has 0 fully saturated rings. The minimum Gasteiger partial charge on any atom is -0.456 e. The highest BCUT2D eigenvalue weighted by Gasteiger charge is 2.14. The van der Waals surface area contributed by atoms with Crippen LogP contribution in [0.5, 0.6) is 0 Å². The topological polar surface area (TPSA) is 38.7 Å². The van der Waals surface area contributed by atoms with E-state index in [-0.39, 0.29) is 12.1 Å². The van der Waals surface area contributed by atoms with Gasteiger partial charge in [-0.15, -0.1) is 0 Å². The average molecular weight is 249 g/mol. The summed E-state index contributed by atoms with van der Waals surface area (Å²) in [6, 6.07) is 8.00. The molecule has 1 unspecified atom stereocenters. The Labute approximate surface area is 110 Å². The van der Waals surface area contributed by atoms with Gasteiger partial charge in [-0.2, -0.15) is 0 Å². The van der Waals surface area contributed by atoms with Gasteiger partial charge in [0.15, 0.2) is 0 Å². The Balaban J connectivity index is 0.00000137. The molecule has 1 aromatic rings. The fraction of sp³-hybridized carbons (Fsp3) is 0.467. The number of hydrogen-bond donors (Lipinski definition) is 0. The number of hydrogen-bond acceptors (Lipinski definition) is 3. The zero-order valence-electron chi connectivity index (χ0n) is 12.2. The molecule has 0 heterocycles. The maximum atomic E-state index is 10.9. The molecule has 0 aromatic heterocycles. The Morgan fingerprint density at radius 1 is 1.22 bits per heavy atom. The van der Waals surface area contributed by atoms with Gasteiger partial charge in [0, 0.05) is 14.0 Å². The van der Waals surface area contributed by atoms with Crippen molar-refractivity contribution in [1.82, 2.24) is 0 Å². The molecule has 0 saturated heterocycles. The van der Waals surface area contributed by atoms with Crippen LogP contribution in [0.4, 0.5) is 0 Å². The quantitative estimate of drug-likeness (QED) is 0.608. The first-order valence-corrected chi connectivity index (χ1v) is 6.25. The van der Waals surface area contributed by atoms with Gasteiger partial charge in [0.25, 0.3) is 0 Å². The minimum absolute atomic E-state index is 0.291. The van der Waals surface area contributed by atoms with Crippen LogP contribution in [-0.4, -0.2) is 24.8 Å². The summed E-state index contributed by atoms with van der Waals surface area (Å²) in [5, 5.41) is 0. The summed E-state index contributed by atoms with van der Waals surface area (Å²) in [5.41, 5.74) is 2.97. The molecule has 1 atom stereocenters. The van der Waals surface area contributed by atoms with Gasteiger partial charge in [0.05, 0.1) is 5.71 Å². The lowest BCUT2D eigenvalue weighted by molar-refractivity contribution is -0.142. The van der Waals surface area contributed by atoms with E-state index in [4.69, 9.17) is 4.74 Å². The van der Waals surface area contributed by atoms with Crippen molar-refractivity contribution in [2.24, 2.45) is 4.99 Å². The summed E-state index contributed by atoms with van der Waals surface area (Å²) >= 11 is 0. The van der Waals surface area contributed by atoms with Crippen LogP contribution in [0, 0.1) is 6.92 Å². The van der Waals surface area contributed by atoms with Crippen molar-refractivity contribution in [2.45, 2.75) is 40.7 Å². The van der Waals surface area contributed by atoms with Gasteiger partial charge < -0.3 is 4.74 Å². The highest BCUT2D eigenvalue weighted by atomic mass is 16.5. The standard InChI is InChI=1S/C13H17NO2.C2H6/c1-9-5-7-12(8-6-9)13(14-4)10(2)16-11(3)15;1-2/h5-8,10H,1-4H3;1-2H3. The van der Waals surface area contributed by atoms with E-state index < -0.39 is 0 Å². The van der Waals surface area contributed by atoms with Gasteiger partial charge in [-0.1, -0.05) is 43.7 Å². The molecule has 0 aliphatic carbocycles. The predicted octanol–water partition coefficient (Wildman–Crippen LogP) is 3.39. The van der Waals surface area contributed by atoms with Gasteiger partial charge in [-0.05, 0) is 19.4 Å². The fourth-order valence-corrected chi connectivity index (χ4v) is 1.57. The van der Waals surface area contributed by atoms with Crippen LogP contribution in [0.3, 0.4) is 0 Å². The molecule has 0 spiro atoms. The Bertz CT molecular complexity index is 393. The van der Waals surface area contributed by atoms with Crippen molar-refractivity contribution >= 4 is 11.7 Å². The van der Waals surface area contributed by atoms with Crippen molar-refractivity contribution in [2.75, 3.05) is 7.05 Å². The predicted molar refractivity (Wildman–Crippen MR) is 76.2 cm³/mol. The highest BCUT2D eigenvalue weighted by molar-refractivity contribution is 6.04. The third-order valence-corrected chi connectivity index (χ3v) is 2.32. The molecule has 18 heavy (non-hydrogen) atoms. The second-order valence-corrected chi connectivity index (χ2v) is 3.73. The summed E-state index contributed by atoms with van der Waals surface area (Å²) in [7, 11) is 1.70.